The van der Waals surface area contributed by atoms with Crippen molar-refractivity contribution in [3.05, 3.63) is 53.1 Å². The maximum atomic E-state index is 11.8. The maximum Gasteiger partial charge on any atom is 0.193 e. The number of Topliss-reactive ketones (excluding diaryl/α,β-unsaturated/α-hetero) is 1. The number of aryl methyl sites for hydroxylation is 1. The van der Waals surface area contributed by atoms with Gasteiger partial charge in [0.2, 0.25) is 0 Å². The normalized spacial score (nSPS) is 13.8. The second-order valence-electron chi connectivity index (χ2n) is 3.41. The molecule has 1 aromatic carbocycles. The van der Waals surface area contributed by atoms with Gasteiger partial charge < -0.3 is 0 Å². The highest BCUT2D eigenvalue weighted by Gasteiger charge is 2.19. The Balaban J connectivity index is 2.52. The largest absolute Gasteiger partial charge is 0.289 e. The van der Waals surface area contributed by atoms with Crippen LogP contribution in [0.3, 0.4) is 0 Å². The van der Waals surface area contributed by atoms with Crippen molar-refractivity contribution in [2.45, 2.75) is 13.3 Å². The molecule has 2 rings (SSSR count). The molecule has 0 atom stereocenters. The highest BCUT2D eigenvalue weighted by molar-refractivity contribution is 6.19. The topological polar surface area (TPSA) is 17.1 Å². The Kier molecular flexibility index (Phi) is 2.08. The van der Waals surface area contributed by atoms with E-state index < -0.39 is 0 Å². The van der Waals surface area contributed by atoms with Crippen LogP contribution in [0.25, 0.3) is 6.08 Å². The number of carbonyl (C=O) groups excluding carboxylic acids is 1. The minimum absolute atomic E-state index is 0.102. The van der Waals surface area contributed by atoms with Gasteiger partial charge in [0.05, 0.1) is 0 Å². The second-order valence-corrected chi connectivity index (χ2v) is 3.41. The molecule has 0 unspecified atom stereocenters. The first-order valence-electron chi connectivity index (χ1n) is 4.78. The van der Waals surface area contributed by atoms with Crippen molar-refractivity contribution >= 4 is 11.9 Å². The molecule has 1 heteroatoms. The minimum atomic E-state index is 0.102. The van der Waals surface area contributed by atoms with Gasteiger partial charge >= 0.3 is 0 Å². The average molecular weight is 184 g/mol. The molecule has 0 saturated carbocycles. The van der Waals surface area contributed by atoms with Gasteiger partial charge in [-0.3, -0.25) is 4.79 Å². The molecule has 0 aromatic heterocycles. The van der Waals surface area contributed by atoms with E-state index in [1.807, 2.05) is 18.2 Å². The van der Waals surface area contributed by atoms with Crippen molar-refractivity contribution in [1.29, 1.82) is 0 Å². The predicted octanol–water partition coefficient (Wildman–Crippen LogP) is 3.01. The lowest BCUT2D eigenvalue weighted by Crippen LogP contribution is -1.97. The standard InChI is InChI=1S/C13H12O/c1-3-9-5-6-11-8-10(4-2)13(14)12(11)7-9/h4-8H,2-3H2,1H3. The maximum absolute atomic E-state index is 11.8. The summed E-state index contributed by atoms with van der Waals surface area (Å²) in [4.78, 5) is 11.8. The molecule has 1 aromatic rings. The van der Waals surface area contributed by atoms with E-state index in [0.717, 1.165) is 17.5 Å². The Morgan fingerprint density at radius 3 is 2.86 bits per heavy atom. The summed E-state index contributed by atoms with van der Waals surface area (Å²) in [5, 5.41) is 0. The molecule has 0 bridgehead atoms. The highest BCUT2D eigenvalue weighted by atomic mass is 16.1. The summed E-state index contributed by atoms with van der Waals surface area (Å²) in [5.74, 6) is 0.102. The minimum Gasteiger partial charge on any atom is -0.289 e. The zero-order chi connectivity index (χ0) is 10.1. The van der Waals surface area contributed by atoms with E-state index in [1.54, 1.807) is 6.08 Å². The van der Waals surface area contributed by atoms with Gasteiger partial charge in [0, 0.05) is 11.1 Å². The van der Waals surface area contributed by atoms with Crippen LogP contribution >= 0.6 is 0 Å². The summed E-state index contributed by atoms with van der Waals surface area (Å²) in [5.41, 5.74) is 3.74. The number of hydrogen-bond acceptors (Lipinski definition) is 1. The lowest BCUT2D eigenvalue weighted by atomic mass is 10.0. The lowest BCUT2D eigenvalue weighted by molar-refractivity contribution is 0.104. The molecule has 0 amide bonds. The van der Waals surface area contributed by atoms with Crippen LogP contribution in [0.4, 0.5) is 0 Å². The fraction of sp³-hybridized carbons (Fsp3) is 0.154. The molecule has 0 aliphatic heterocycles. The van der Waals surface area contributed by atoms with Crippen LogP contribution in [0.5, 0.6) is 0 Å². The van der Waals surface area contributed by atoms with E-state index in [1.165, 1.54) is 5.56 Å². The smallest absolute Gasteiger partial charge is 0.193 e. The van der Waals surface area contributed by atoms with E-state index in [-0.39, 0.29) is 5.78 Å². The molecule has 1 nitrogen and oxygen atoms in total. The Hall–Kier alpha value is -1.63. The third kappa shape index (κ3) is 1.22. The number of benzene rings is 1. The zero-order valence-electron chi connectivity index (χ0n) is 8.21. The predicted molar refractivity (Wildman–Crippen MR) is 58.3 cm³/mol. The summed E-state index contributed by atoms with van der Waals surface area (Å²) >= 11 is 0. The summed E-state index contributed by atoms with van der Waals surface area (Å²) in [7, 11) is 0. The van der Waals surface area contributed by atoms with Crippen LogP contribution in [0.15, 0.2) is 36.4 Å². The van der Waals surface area contributed by atoms with E-state index in [2.05, 4.69) is 19.6 Å². The molecule has 0 radical (unpaired) electrons. The van der Waals surface area contributed by atoms with E-state index in [4.69, 9.17) is 0 Å². The third-order valence-corrected chi connectivity index (χ3v) is 2.56. The summed E-state index contributed by atoms with van der Waals surface area (Å²) in [6.45, 7) is 5.72. The number of hydrogen-bond donors (Lipinski definition) is 0. The quantitative estimate of drug-likeness (QED) is 0.690. The van der Waals surface area contributed by atoms with Gasteiger partial charge in [-0.05, 0) is 29.7 Å². The van der Waals surface area contributed by atoms with Crippen LogP contribution in [-0.2, 0) is 6.42 Å². The molecule has 14 heavy (non-hydrogen) atoms. The monoisotopic (exact) mass is 184 g/mol. The van der Waals surface area contributed by atoms with Gasteiger partial charge in [-0.15, -0.1) is 0 Å². The van der Waals surface area contributed by atoms with Gasteiger partial charge in [-0.2, -0.15) is 0 Å². The first-order valence-corrected chi connectivity index (χ1v) is 4.78. The second kappa shape index (κ2) is 3.26. The molecule has 0 fully saturated rings. The van der Waals surface area contributed by atoms with Crippen LogP contribution < -0.4 is 0 Å². The number of carbonyl (C=O) groups is 1. The summed E-state index contributed by atoms with van der Waals surface area (Å²) in [6, 6.07) is 6.04. The number of ketones is 1. The Morgan fingerprint density at radius 1 is 1.43 bits per heavy atom. The number of allylic oxidation sites excluding steroid dienone is 2. The van der Waals surface area contributed by atoms with Crippen LogP contribution in [0, 0.1) is 0 Å². The molecule has 0 saturated heterocycles. The lowest BCUT2D eigenvalue weighted by Gasteiger charge is -2.00. The van der Waals surface area contributed by atoms with Gasteiger partial charge in [-0.25, -0.2) is 0 Å². The fourth-order valence-electron chi connectivity index (χ4n) is 1.69. The molecule has 0 N–H and O–H groups in total. The molecular weight excluding hydrogens is 172 g/mol. The highest BCUT2D eigenvalue weighted by Crippen LogP contribution is 2.26. The molecule has 1 aliphatic rings. The molecular formula is C13H12O. The van der Waals surface area contributed by atoms with Crippen molar-refractivity contribution in [1.82, 2.24) is 0 Å². The first-order chi connectivity index (χ1) is 6.76. The Morgan fingerprint density at radius 2 is 2.21 bits per heavy atom. The van der Waals surface area contributed by atoms with Crippen molar-refractivity contribution in [3.8, 4) is 0 Å². The van der Waals surface area contributed by atoms with Crippen LogP contribution in [0.2, 0.25) is 0 Å². The van der Waals surface area contributed by atoms with E-state index in [9.17, 15) is 4.79 Å². The van der Waals surface area contributed by atoms with Gasteiger partial charge in [0.1, 0.15) is 0 Å². The first kappa shape index (κ1) is 8.95. The Bertz CT molecular complexity index is 439. The third-order valence-electron chi connectivity index (χ3n) is 2.56. The molecule has 0 heterocycles. The molecule has 1 aliphatic carbocycles. The fourth-order valence-corrected chi connectivity index (χ4v) is 1.69. The van der Waals surface area contributed by atoms with Crippen LogP contribution in [0.1, 0.15) is 28.4 Å². The summed E-state index contributed by atoms with van der Waals surface area (Å²) < 4.78 is 0. The van der Waals surface area contributed by atoms with Crippen molar-refractivity contribution < 1.29 is 4.79 Å². The molecule has 0 spiro atoms. The van der Waals surface area contributed by atoms with Crippen molar-refractivity contribution in [3.63, 3.8) is 0 Å². The molecule has 70 valence electrons. The van der Waals surface area contributed by atoms with E-state index in [0.29, 0.717) is 5.57 Å². The summed E-state index contributed by atoms with van der Waals surface area (Å²) in [6.07, 6.45) is 4.47. The Labute approximate surface area is 83.8 Å². The van der Waals surface area contributed by atoms with Crippen molar-refractivity contribution in [2.75, 3.05) is 0 Å². The van der Waals surface area contributed by atoms with E-state index >= 15 is 0 Å². The number of rotatable bonds is 2. The average Bonchev–Trinajstić information content (AvgIpc) is 2.55. The van der Waals surface area contributed by atoms with Gasteiger partial charge in [0.15, 0.2) is 5.78 Å². The van der Waals surface area contributed by atoms with Gasteiger partial charge in [0.25, 0.3) is 0 Å². The zero-order valence-corrected chi connectivity index (χ0v) is 8.21. The number of fused-ring (bicyclic) bond motifs is 1. The van der Waals surface area contributed by atoms with Crippen LogP contribution in [-0.4, -0.2) is 5.78 Å². The van der Waals surface area contributed by atoms with Crippen molar-refractivity contribution in [2.24, 2.45) is 0 Å². The van der Waals surface area contributed by atoms with Gasteiger partial charge in [-0.1, -0.05) is 31.7 Å². The SMILES string of the molecule is C=CC1=Cc2ccc(CC)cc2C1=O.